The molecule has 0 unspecified atom stereocenters. The van der Waals surface area contributed by atoms with E-state index in [-0.39, 0.29) is 12.3 Å². The summed E-state index contributed by atoms with van der Waals surface area (Å²) in [6.07, 6.45) is 1.69. The number of benzene rings is 1. The molecule has 1 aromatic carbocycles. The van der Waals surface area contributed by atoms with Crippen molar-refractivity contribution < 1.29 is 18.3 Å². The van der Waals surface area contributed by atoms with Crippen molar-refractivity contribution in [2.45, 2.75) is 19.7 Å². The molecule has 0 amide bonds. The second kappa shape index (κ2) is 9.76. The van der Waals surface area contributed by atoms with Gasteiger partial charge in [-0.25, -0.2) is 4.98 Å². The first-order valence-electron chi connectivity index (χ1n) is 7.68. The van der Waals surface area contributed by atoms with Crippen molar-refractivity contribution in [2.24, 2.45) is 4.99 Å². The smallest absolute Gasteiger partial charge is 0.387 e. The van der Waals surface area contributed by atoms with Crippen LogP contribution in [-0.4, -0.2) is 31.7 Å². The van der Waals surface area contributed by atoms with Crippen molar-refractivity contribution in [1.82, 2.24) is 15.6 Å². The van der Waals surface area contributed by atoms with Crippen LogP contribution in [0.4, 0.5) is 8.78 Å². The molecule has 0 radical (unpaired) electrons. The molecule has 2 N–H and O–H groups in total. The third kappa shape index (κ3) is 6.03. The minimum absolute atomic E-state index is 0.0618. The summed E-state index contributed by atoms with van der Waals surface area (Å²) in [5.74, 6) is 1.08. The first kappa shape index (κ1) is 19.7. The summed E-state index contributed by atoms with van der Waals surface area (Å²) >= 11 is 5.93. The van der Waals surface area contributed by atoms with Gasteiger partial charge in [-0.05, 0) is 23.8 Å². The highest BCUT2D eigenvalue weighted by Crippen LogP contribution is 2.24. The van der Waals surface area contributed by atoms with E-state index in [1.807, 2.05) is 6.07 Å². The number of rotatable bonds is 7. The zero-order valence-corrected chi connectivity index (χ0v) is 15.1. The van der Waals surface area contributed by atoms with Crippen LogP contribution < -0.4 is 20.1 Å². The number of guanidine groups is 1. The number of aliphatic imine (C=N–C) groups is 1. The van der Waals surface area contributed by atoms with Crippen LogP contribution in [0, 0.1) is 0 Å². The molecule has 0 aliphatic rings. The third-order valence-electron chi connectivity index (χ3n) is 3.38. The van der Waals surface area contributed by atoms with Gasteiger partial charge in [-0.3, -0.25) is 4.99 Å². The highest BCUT2D eigenvalue weighted by molar-refractivity contribution is 6.30. The van der Waals surface area contributed by atoms with E-state index in [1.165, 1.54) is 12.1 Å². The van der Waals surface area contributed by atoms with Gasteiger partial charge < -0.3 is 20.1 Å². The van der Waals surface area contributed by atoms with E-state index in [0.29, 0.717) is 29.0 Å². The van der Waals surface area contributed by atoms with Crippen molar-refractivity contribution in [1.29, 1.82) is 0 Å². The van der Waals surface area contributed by atoms with Crippen molar-refractivity contribution >= 4 is 17.6 Å². The summed E-state index contributed by atoms with van der Waals surface area (Å²) in [5.41, 5.74) is 1.42. The number of halogens is 3. The Hall–Kier alpha value is -2.61. The molecule has 0 aliphatic carbocycles. The Labute approximate surface area is 155 Å². The SMILES string of the molecule is CN=C(NCc1ccc(OC)nc1)NCc1cc(Cl)ccc1OC(F)F. The van der Waals surface area contributed by atoms with Crippen LogP contribution in [0.15, 0.2) is 41.5 Å². The molecule has 9 heteroatoms. The van der Waals surface area contributed by atoms with Gasteiger partial charge in [0, 0.05) is 43.0 Å². The standard InChI is InChI=1S/C17H19ClF2N4O2/c1-21-17(23-9-11-3-6-15(25-2)22-8-11)24-10-12-7-13(18)4-5-14(12)26-16(19)20/h3-8,16H,9-10H2,1-2H3,(H2,21,23,24). The van der Waals surface area contributed by atoms with Gasteiger partial charge in [0.15, 0.2) is 5.96 Å². The summed E-state index contributed by atoms with van der Waals surface area (Å²) in [7, 11) is 3.16. The Morgan fingerprint density at radius 3 is 2.62 bits per heavy atom. The number of hydrogen-bond donors (Lipinski definition) is 2. The van der Waals surface area contributed by atoms with Crippen LogP contribution >= 0.6 is 11.6 Å². The maximum Gasteiger partial charge on any atom is 0.387 e. The van der Waals surface area contributed by atoms with E-state index >= 15 is 0 Å². The Balaban J connectivity index is 1.95. The molecule has 0 fully saturated rings. The van der Waals surface area contributed by atoms with Gasteiger partial charge in [0.25, 0.3) is 0 Å². The van der Waals surface area contributed by atoms with Gasteiger partial charge in [-0.2, -0.15) is 8.78 Å². The summed E-state index contributed by atoms with van der Waals surface area (Å²) in [6, 6.07) is 8.09. The van der Waals surface area contributed by atoms with Gasteiger partial charge in [-0.15, -0.1) is 0 Å². The van der Waals surface area contributed by atoms with Gasteiger partial charge >= 0.3 is 6.61 Å². The predicted molar refractivity (Wildman–Crippen MR) is 95.9 cm³/mol. The zero-order chi connectivity index (χ0) is 18.9. The number of aromatic nitrogens is 1. The summed E-state index contributed by atoms with van der Waals surface area (Å²) < 4.78 is 34.5. The highest BCUT2D eigenvalue weighted by Gasteiger charge is 2.11. The number of nitrogens with one attached hydrogen (secondary N) is 2. The highest BCUT2D eigenvalue weighted by atomic mass is 35.5. The number of hydrogen-bond acceptors (Lipinski definition) is 4. The molecule has 0 atom stereocenters. The molecule has 0 saturated heterocycles. The molecule has 0 bridgehead atoms. The molecule has 2 rings (SSSR count). The fourth-order valence-corrected chi connectivity index (χ4v) is 2.31. The fourth-order valence-electron chi connectivity index (χ4n) is 2.12. The van der Waals surface area contributed by atoms with E-state index in [1.54, 1.807) is 32.5 Å². The third-order valence-corrected chi connectivity index (χ3v) is 3.61. The summed E-state index contributed by atoms with van der Waals surface area (Å²) in [5, 5.41) is 6.56. The number of methoxy groups -OCH3 is 1. The molecule has 1 aromatic heterocycles. The second-order valence-electron chi connectivity index (χ2n) is 5.12. The molecular formula is C17H19ClF2N4O2. The van der Waals surface area contributed by atoms with Crippen molar-refractivity contribution in [3.05, 3.63) is 52.7 Å². The van der Waals surface area contributed by atoms with E-state index in [9.17, 15) is 8.78 Å². The Kier molecular flexibility index (Phi) is 7.40. The normalized spacial score (nSPS) is 11.4. The van der Waals surface area contributed by atoms with Crippen molar-refractivity contribution in [3.63, 3.8) is 0 Å². The quantitative estimate of drug-likeness (QED) is 0.566. The first-order chi connectivity index (χ1) is 12.5. The van der Waals surface area contributed by atoms with E-state index in [2.05, 4.69) is 25.3 Å². The molecule has 140 valence electrons. The Morgan fingerprint density at radius 1 is 1.23 bits per heavy atom. The van der Waals surface area contributed by atoms with Crippen LogP contribution in [0.2, 0.25) is 5.02 Å². The molecule has 0 aliphatic heterocycles. The molecule has 2 aromatic rings. The first-order valence-corrected chi connectivity index (χ1v) is 8.06. The van der Waals surface area contributed by atoms with Crippen LogP contribution in [0.25, 0.3) is 0 Å². The molecule has 1 heterocycles. The number of nitrogens with zero attached hydrogens (tertiary/aromatic N) is 2. The molecule has 0 saturated carbocycles. The van der Waals surface area contributed by atoms with Crippen molar-refractivity contribution in [2.75, 3.05) is 14.2 Å². The maximum atomic E-state index is 12.5. The number of ether oxygens (including phenoxy) is 2. The van der Waals surface area contributed by atoms with Crippen LogP contribution in [0.5, 0.6) is 11.6 Å². The number of alkyl halides is 2. The topological polar surface area (TPSA) is 67.8 Å². The summed E-state index contributed by atoms with van der Waals surface area (Å²) in [4.78, 5) is 8.21. The lowest BCUT2D eigenvalue weighted by molar-refractivity contribution is -0.0504. The van der Waals surface area contributed by atoms with Gasteiger partial charge in [-0.1, -0.05) is 17.7 Å². The zero-order valence-electron chi connectivity index (χ0n) is 14.3. The van der Waals surface area contributed by atoms with Crippen LogP contribution in [0.3, 0.4) is 0 Å². The van der Waals surface area contributed by atoms with Gasteiger partial charge in [0.05, 0.1) is 7.11 Å². The number of pyridine rings is 1. The second-order valence-corrected chi connectivity index (χ2v) is 5.56. The average molecular weight is 385 g/mol. The maximum absolute atomic E-state index is 12.5. The van der Waals surface area contributed by atoms with Crippen LogP contribution in [-0.2, 0) is 13.1 Å². The summed E-state index contributed by atoms with van der Waals surface area (Å²) in [6.45, 7) is -2.22. The lowest BCUT2D eigenvalue weighted by Crippen LogP contribution is -2.36. The van der Waals surface area contributed by atoms with Gasteiger partial charge in [0.1, 0.15) is 5.75 Å². The minimum Gasteiger partial charge on any atom is -0.481 e. The average Bonchev–Trinajstić information content (AvgIpc) is 2.64. The largest absolute Gasteiger partial charge is 0.481 e. The van der Waals surface area contributed by atoms with Crippen molar-refractivity contribution in [3.8, 4) is 11.6 Å². The lowest BCUT2D eigenvalue weighted by Gasteiger charge is -2.15. The molecular weight excluding hydrogens is 366 g/mol. The lowest BCUT2D eigenvalue weighted by atomic mass is 10.2. The minimum atomic E-state index is -2.91. The monoisotopic (exact) mass is 384 g/mol. The molecule has 26 heavy (non-hydrogen) atoms. The molecule has 6 nitrogen and oxygen atoms in total. The van der Waals surface area contributed by atoms with E-state index in [0.717, 1.165) is 5.56 Å². The molecule has 0 spiro atoms. The Bertz CT molecular complexity index is 742. The van der Waals surface area contributed by atoms with Crippen LogP contribution in [0.1, 0.15) is 11.1 Å². The predicted octanol–water partition coefficient (Wildman–Crippen LogP) is 3.21. The van der Waals surface area contributed by atoms with E-state index < -0.39 is 6.61 Å². The van der Waals surface area contributed by atoms with E-state index in [4.69, 9.17) is 16.3 Å². The fraction of sp³-hybridized carbons (Fsp3) is 0.294. The van der Waals surface area contributed by atoms with Gasteiger partial charge in [0.2, 0.25) is 5.88 Å². The Morgan fingerprint density at radius 2 is 2.00 bits per heavy atom.